The lowest BCUT2D eigenvalue weighted by molar-refractivity contribution is -0.139. The molecular formula is C21H28O3. The van der Waals surface area contributed by atoms with Gasteiger partial charge in [0.25, 0.3) is 0 Å². The van der Waals surface area contributed by atoms with Gasteiger partial charge in [0, 0.05) is 12.8 Å². The molecule has 2 saturated carbocycles. The molecule has 0 aromatic carbocycles. The van der Waals surface area contributed by atoms with Gasteiger partial charge in [-0.1, -0.05) is 26.0 Å². The first kappa shape index (κ1) is 16.1. The van der Waals surface area contributed by atoms with Crippen LogP contribution in [0.25, 0.3) is 0 Å². The summed E-state index contributed by atoms with van der Waals surface area (Å²) in [4.78, 5) is 23.1. The first-order valence-electron chi connectivity index (χ1n) is 9.49. The second kappa shape index (κ2) is 5.31. The summed E-state index contributed by atoms with van der Waals surface area (Å²) in [5, 5.41) is 9.28. The Kier molecular flexibility index (Phi) is 3.56. The zero-order valence-electron chi connectivity index (χ0n) is 14.8. The molecule has 4 unspecified atom stereocenters. The van der Waals surface area contributed by atoms with Crippen LogP contribution in [0, 0.1) is 34.5 Å². The second-order valence-corrected chi connectivity index (χ2v) is 9.05. The maximum atomic E-state index is 11.8. The van der Waals surface area contributed by atoms with Crippen LogP contribution in [0.5, 0.6) is 0 Å². The highest BCUT2D eigenvalue weighted by atomic mass is 16.4. The van der Waals surface area contributed by atoms with Crippen molar-refractivity contribution in [1.29, 1.82) is 0 Å². The van der Waals surface area contributed by atoms with Gasteiger partial charge < -0.3 is 5.11 Å². The van der Waals surface area contributed by atoms with Gasteiger partial charge in [0.15, 0.2) is 5.78 Å². The van der Waals surface area contributed by atoms with E-state index in [0.29, 0.717) is 36.5 Å². The Morgan fingerprint density at radius 1 is 1.21 bits per heavy atom. The Hall–Kier alpha value is -1.38. The number of fused-ring (bicyclic) bond motifs is 5. The summed E-state index contributed by atoms with van der Waals surface area (Å²) in [6.45, 7) is 4.71. The minimum Gasteiger partial charge on any atom is -0.481 e. The number of hydrogen-bond acceptors (Lipinski definition) is 2. The van der Waals surface area contributed by atoms with Gasteiger partial charge in [-0.25, -0.2) is 0 Å². The number of rotatable bonds is 2. The molecule has 0 amide bonds. The van der Waals surface area contributed by atoms with Crippen LogP contribution in [0.15, 0.2) is 23.8 Å². The average molecular weight is 328 g/mol. The quantitative estimate of drug-likeness (QED) is 0.818. The molecule has 4 aliphatic carbocycles. The monoisotopic (exact) mass is 328 g/mol. The van der Waals surface area contributed by atoms with Crippen molar-refractivity contribution in [2.75, 3.05) is 0 Å². The summed E-state index contributed by atoms with van der Waals surface area (Å²) >= 11 is 0. The Balaban J connectivity index is 1.67. The first-order chi connectivity index (χ1) is 11.3. The third-order valence-corrected chi connectivity index (χ3v) is 8.13. The van der Waals surface area contributed by atoms with E-state index in [9.17, 15) is 14.7 Å². The molecule has 0 aliphatic heterocycles. The van der Waals surface area contributed by atoms with Gasteiger partial charge in [-0.15, -0.1) is 0 Å². The zero-order chi connectivity index (χ0) is 17.1. The maximum absolute atomic E-state index is 11.8. The average Bonchev–Trinajstić information content (AvgIpc) is 2.84. The topological polar surface area (TPSA) is 54.4 Å². The molecule has 0 radical (unpaired) electrons. The molecule has 0 heterocycles. The smallest absolute Gasteiger partial charge is 0.303 e. The number of carbonyl (C=O) groups is 2. The molecule has 0 aromatic heterocycles. The molecule has 3 heteroatoms. The summed E-state index contributed by atoms with van der Waals surface area (Å²) in [5.74, 6) is 1.72. The number of allylic oxidation sites excluding steroid dienone is 4. The molecule has 1 N–H and O–H groups in total. The largest absolute Gasteiger partial charge is 0.481 e. The van der Waals surface area contributed by atoms with Gasteiger partial charge in [-0.3, -0.25) is 9.59 Å². The SMILES string of the molecule is C[C@]12CCC3C(C=CC4=CC(=O)CC[C@@]43C)C1CCC2CC(=O)O. The van der Waals surface area contributed by atoms with E-state index in [1.54, 1.807) is 0 Å². The van der Waals surface area contributed by atoms with E-state index < -0.39 is 5.97 Å². The van der Waals surface area contributed by atoms with Crippen LogP contribution in [0.2, 0.25) is 0 Å². The van der Waals surface area contributed by atoms with Crippen molar-refractivity contribution in [3.05, 3.63) is 23.8 Å². The van der Waals surface area contributed by atoms with Crippen molar-refractivity contribution in [1.82, 2.24) is 0 Å². The van der Waals surface area contributed by atoms with E-state index in [4.69, 9.17) is 0 Å². The summed E-state index contributed by atoms with van der Waals surface area (Å²) in [6, 6.07) is 0. The number of hydrogen-bond donors (Lipinski definition) is 1. The minimum absolute atomic E-state index is 0.138. The van der Waals surface area contributed by atoms with E-state index in [2.05, 4.69) is 26.0 Å². The van der Waals surface area contributed by atoms with Crippen molar-refractivity contribution in [3.63, 3.8) is 0 Å². The van der Waals surface area contributed by atoms with Crippen LogP contribution in [0.1, 0.15) is 58.8 Å². The van der Waals surface area contributed by atoms with Gasteiger partial charge >= 0.3 is 5.97 Å². The van der Waals surface area contributed by atoms with Crippen molar-refractivity contribution >= 4 is 11.8 Å². The molecule has 0 saturated heterocycles. The molecule has 3 nitrogen and oxygen atoms in total. The normalized spacial score (nSPS) is 46.8. The molecule has 130 valence electrons. The molecule has 4 rings (SSSR count). The van der Waals surface area contributed by atoms with Gasteiger partial charge in [-0.05, 0) is 78.3 Å². The Morgan fingerprint density at radius 2 is 2.00 bits per heavy atom. The Bertz CT molecular complexity index is 645. The minimum atomic E-state index is -0.647. The van der Waals surface area contributed by atoms with Crippen molar-refractivity contribution in [2.24, 2.45) is 34.5 Å². The van der Waals surface area contributed by atoms with E-state index >= 15 is 0 Å². The highest BCUT2D eigenvalue weighted by Crippen LogP contribution is 2.65. The lowest BCUT2D eigenvalue weighted by Crippen LogP contribution is -2.49. The van der Waals surface area contributed by atoms with Crippen molar-refractivity contribution in [2.45, 2.75) is 58.8 Å². The van der Waals surface area contributed by atoms with Crippen LogP contribution in [-0.4, -0.2) is 16.9 Å². The zero-order valence-corrected chi connectivity index (χ0v) is 14.8. The lowest BCUT2D eigenvalue weighted by atomic mass is 9.48. The highest BCUT2D eigenvalue weighted by Gasteiger charge is 2.57. The predicted molar refractivity (Wildman–Crippen MR) is 92.4 cm³/mol. The van der Waals surface area contributed by atoms with Crippen molar-refractivity contribution < 1.29 is 14.7 Å². The summed E-state index contributed by atoms with van der Waals surface area (Å²) in [7, 11) is 0. The summed E-state index contributed by atoms with van der Waals surface area (Å²) in [6.07, 6.45) is 13.0. The fourth-order valence-corrected chi connectivity index (χ4v) is 6.65. The van der Waals surface area contributed by atoms with Gasteiger partial charge in [0.1, 0.15) is 0 Å². The number of carboxylic acid groups (broad SMARTS) is 1. The van der Waals surface area contributed by atoms with Crippen LogP contribution >= 0.6 is 0 Å². The van der Waals surface area contributed by atoms with E-state index in [-0.39, 0.29) is 16.6 Å². The van der Waals surface area contributed by atoms with E-state index in [1.165, 1.54) is 12.0 Å². The third kappa shape index (κ3) is 2.16. The summed E-state index contributed by atoms with van der Waals surface area (Å²) in [5.41, 5.74) is 1.55. The number of ketones is 1. The molecule has 0 spiro atoms. The van der Waals surface area contributed by atoms with Crippen LogP contribution < -0.4 is 0 Å². The van der Waals surface area contributed by atoms with Gasteiger partial charge in [0.05, 0.1) is 0 Å². The first-order valence-corrected chi connectivity index (χ1v) is 9.49. The molecular weight excluding hydrogens is 300 g/mol. The number of carboxylic acids is 1. The molecule has 2 fully saturated rings. The Morgan fingerprint density at radius 3 is 2.75 bits per heavy atom. The van der Waals surface area contributed by atoms with Crippen LogP contribution in [-0.2, 0) is 9.59 Å². The molecule has 6 atom stereocenters. The standard InChI is InChI=1S/C21H28O3/c1-20-9-7-15(22)11-13(20)3-5-16-17-6-4-14(12-19(23)24)21(17,2)10-8-18(16)20/h3,5,11,14,16-18H,4,6-10,12H2,1-2H3,(H,23,24)/t14?,16?,17?,18?,20-,21+/m0/s1. The fraction of sp³-hybridized carbons (Fsp3) is 0.714. The van der Waals surface area contributed by atoms with Crippen LogP contribution in [0.4, 0.5) is 0 Å². The van der Waals surface area contributed by atoms with Gasteiger partial charge in [0.2, 0.25) is 0 Å². The summed E-state index contributed by atoms with van der Waals surface area (Å²) < 4.78 is 0. The maximum Gasteiger partial charge on any atom is 0.303 e. The third-order valence-electron chi connectivity index (χ3n) is 8.13. The van der Waals surface area contributed by atoms with E-state index in [0.717, 1.165) is 25.7 Å². The van der Waals surface area contributed by atoms with Crippen molar-refractivity contribution in [3.8, 4) is 0 Å². The number of aliphatic carboxylic acids is 1. The fourth-order valence-electron chi connectivity index (χ4n) is 6.65. The lowest BCUT2D eigenvalue weighted by Gasteiger charge is -2.56. The second-order valence-electron chi connectivity index (χ2n) is 9.05. The highest BCUT2D eigenvalue weighted by molar-refractivity contribution is 5.92. The molecule has 0 aromatic rings. The molecule has 24 heavy (non-hydrogen) atoms. The Labute approximate surface area is 144 Å². The molecule has 4 aliphatic rings. The van der Waals surface area contributed by atoms with Crippen LogP contribution in [0.3, 0.4) is 0 Å². The predicted octanol–water partition coefficient (Wildman–Crippen LogP) is 4.39. The number of carbonyl (C=O) groups excluding carboxylic acids is 1. The van der Waals surface area contributed by atoms with E-state index in [1.807, 2.05) is 6.08 Å². The molecule has 0 bridgehead atoms. The van der Waals surface area contributed by atoms with Gasteiger partial charge in [-0.2, -0.15) is 0 Å².